The molecule has 0 aliphatic rings. The molecule has 0 bridgehead atoms. The summed E-state index contributed by atoms with van der Waals surface area (Å²) in [4.78, 5) is 13.9. The Morgan fingerprint density at radius 1 is 1.15 bits per heavy atom. The summed E-state index contributed by atoms with van der Waals surface area (Å²) in [6.07, 6.45) is 0. The third-order valence-corrected chi connectivity index (χ3v) is 3.46. The Bertz CT molecular complexity index is 626. The third kappa shape index (κ3) is 3.44. The quantitative estimate of drug-likeness (QED) is 0.875. The van der Waals surface area contributed by atoms with E-state index in [-0.39, 0.29) is 5.91 Å². The number of anilines is 1. The van der Waals surface area contributed by atoms with Gasteiger partial charge in [-0.15, -0.1) is 0 Å². The fourth-order valence-corrected chi connectivity index (χ4v) is 2.33. The number of hydrogen-bond donors (Lipinski definition) is 1. The fourth-order valence-electron chi connectivity index (χ4n) is 1.84. The summed E-state index contributed by atoms with van der Waals surface area (Å²) in [5.74, 6) is -0.150. The van der Waals surface area contributed by atoms with E-state index >= 15 is 0 Å². The van der Waals surface area contributed by atoms with E-state index in [4.69, 9.17) is 28.9 Å². The van der Waals surface area contributed by atoms with Crippen LogP contribution >= 0.6 is 23.2 Å². The molecule has 0 spiro atoms. The molecule has 0 aliphatic heterocycles. The monoisotopic (exact) mass is 308 g/mol. The highest BCUT2D eigenvalue weighted by Crippen LogP contribution is 2.22. The number of carbonyl (C=O) groups is 1. The van der Waals surface area contributed by atoms with Crippen LogP contribution in [0.3, 0.4) is 0 Å². The van der Waals surface area contributed by atoms with Gasteiger partial charge in [0.2, 0.25) is 0 Å². The predicted octanol–water partition coefficient (Wildman–Crippen LogP) is 3.85. The summed E-state index contributed by atoms with van der Waals surface area (Å²) < 4.78 is 0. The molecule has 2 aromatic rings. The van der Waals surface area contributed by atoms with Gasteiger partial charge in [0.05, 0.1) is 10.6 Å². The standard InChI is InChI=1S/C15H14Cl2N2O/c1-19(9-10-2-5-12(18)6-3-10)15(20)13-7-4-11(16)8-14(13)17/h2-8H,9,18H2,1H3. The second-order valence-electron chi connectivity index (χ2n) is 4.53. The molecule has 0 unspecified atom stereocenters. The predicted molar refractivity (Wildman–Crippen MR) is 83.1 cm³/mol. The number of carbonyl (C=O) groups excluding carboxylic acids is 1. The number of rotatable bonds is 3. The van der Waals surface area contributed by atoms with Crippen LogP contribution in [0.4, 0.5) is 5.69 Å². The number of nitrogens with zero attached hydrogens (tertiary/aromatic N) is 1. The van der Waals surface area contributed by atoms with Gasteiger partial charge in [-0.3, -0.25) is 4.79 Å². The molecule has 20 heavy (non-hydrogen) atoms. The van der Waals surface area contributed by atoms with Crippen LogP contribution in [0.25, 0.3) is 0 Å². The number of hydrogen-bond acceptors (Lipinski definition) is 2. The third-order valence-electron chi connectivity index (χ3n) is 2.91. The lowest BCUT2D eigenvalue weighted by Gasteiger charge is -2.18. The van der Waals surface area contributed by atoms with Crippen LogP contribution < -0.4 is 5.73 Å². The molecule has 0 fully saturated rings. The first-order valence-corrected chi connectivity index (χ1v) is 6.78. The zero-order valence-corrected chi connectivity index (χ0v) is 12.4. The fraction of sp³-hybridized carbons (Fsp3) is 0.133. The van der Waals surface area contributed by atoms with E-state index < -0.39 is 0 Å². The highest BCUT2D eigenvalue weighted by Gasteiger charge is 2.15. The number of nitrogens with two attached hydrogens (primary N) is 1. The molecule has 0 saturated carbocycles. The van der Waals surface area contributed by atoms with E-state index in [0.29, 0.717) is 27.8 Å². The highest BCUT2D eigenvalue weighted by molar-refractivity contribution is 6.36. The van der Waals surface area contributed by atoms with Gasteiger partial charge in [-0.2, -0.15) is 0 Å². The van der Waals surface area contributed by atoms with Crippen molar-refractivity contribution >= 4 is 34.8 Å². The summed E-state index contributed by atoms with van der Waals surface area (Å²) in [6, 6.07) is 12.2. The van der Waals surface area contributed by atoms with Crippen LogP contribution in [0.2, 0.25) is 10.0 Å². The van der Waals surface area contributed by atoms with Crippen molar-refractivity contribution in [3.05, 3.63) is 63.6 Å². The highest BCUT2D eigenvalue weighted by atomic mass is 35.5. The van der Waals surface area contributed by atoms with Crippen LogP contribution in [-0.2, 0) is 6.54 Å². The Labute approximate surface area is 127 Å². The lowest BCUT2D eigenvalue weighted by Crippen LogP contribution is -2.26. The van der Waals surface area contributed by atoms with Gasteiger partial charge in [0.15, 0.2) is 0 Å². The van der Waals surface area contributed by atoms with Crippen molar-refractivity contribution in [1.29, 1.82) is 0 Å². The second-order valence-corrected chi connectivity index (χ2v) is 5.37. The summed E-state index contributed by atoms with van der Waals surface area (Å²) in [7, 11) is 1.73. The maximum Gasteiger partial charge on any atom is 0.255 e. The van der Waals surface area contributed by atoms with Gasteiger partial charge in [-0.25, -0.2) is 0 Å². The van der Waals surface area contributed by atoms with Gasteiger partial charge in [0.25, 0.3) is 5.91 Å². The van der Waals surface area contributed by atoms with E-state index in [1.165, 1.54) is 0 Å². The van der Waals surface area contributed by atoms with Gasteiger partial charge >= 0.3 is 0 Å². The minimum Gasteiger partial charge on any atom is -0.399 e. The van der Waals surface area contributed by atoms with Crippen molar-refractivity contribution < 1.29 is 4.79 Å². The largest absolute Gasteiger partial charge is 0.399 e. The molecule has 0 aliphatic carbocycles. The number of nitrogen functional groups attached to an aromatic ring is 1. The Hall–Kier alpha value is -1.71. The molecular weight excluding hydrogens is 295 g/mol. The smallest absolute Gasteiger partial charge is 0.255 e. The first-order chi connectivity index (χ1) is 9.47. The molecule has 104 valence electrons. The molecule has 0 heterocycles. The van der Waals surface area contributed by atoms with E-state index in [9.17, 15) is 4.79 Å². The normalized spacial score (nSPS) is 10.3. The molecule has 2 rings (SSSR count). The molecule has 0 atom stereocenters. The molecule has 5 heteroatoms. The summed E-state index contributed by atoms with van der Waals surface area (Å²) in [5.41, 5.74) is 7.77. The summed E-state index contributed by atoms with van der Waals surface area (Å²) in [5, 5.41) is 0.861. The average molecular weight is 309 g/mol. The van der Waals surface area contributed by atoms with Gasteiger partial charge in [-0.05, 0) is 35.9 Å². The summed E-state index contributed by atoms with van der Waals surface area (Å²) >= 11 is 11.9. The Morgan fingerprint density at radius 2 is 1.80 bits per heavy atom. The topological polar surface area (TPSA) is 46.3 Å². The number of benzene rings is 2. The molecule has 1 amide bonds. The lowest BCUT2D eigenvalue weighted by atomic mass is 10.1. The van der Waals surface area contributed by atoms with E-state index in [2.05, 4.69) is 0 Å². The molecule has 2 N–H and O–H groups in total. The van der Waals surface area contributed by atoms with Gasteiger partial charge in [0, 0.05) is 24.3 Å². The van der Waals surface area contributed by atoms with E-state index in [1.807, 2.05) is 24.3 Å². The first-order valence-electron chi connectivity index (χ1n) is 6.02. The number of amides is 1. The van der Waals surface area contributed by atoms with Crippen molar-refractivity contribution in [3.8, 4) is 0 Å². The molecular formula is C15H14Cl2N2O. The average Bonchev–Trinajstić information content (AvgIpc) is 2.40. The van der Waals surface area contributed by atoms with Crippen LogP contribution in [0.1, 0.15) is 15.9 Å². The van der Waals surface area contributed by atoms with E-state index in [0.717, 1.165) is 5.56 Å². The lowest BCUT2D eigenvalue weighted by molar-refractivity contribution is 0.0785. The maximum atomic E-state index is 12.3. The second kappa shape index (κ2) is 6.16. The molecule has 0 saturated heterocycles. The molecule has 0 aromatic heterocycles. The van der Waals surface area contributed by atoms with Crippen LogP contribution in [-0.4, -0.2) is 17.9 Å². The number of halogens is 2. The zero-order valence-electron chi connectivity index (χ0n) is 10.9. The Kier molecular flexibility index (Phi) is 4.53. The Morgan fingerprint density at radius 3 is 2.40 bits per heavy atom. The van der Waals surface area contributed by atoms with Crippen LogP contribution in [0, 0.1) is 0 Å². The van der Waals surface area contributed by atoms with Gasteiger partial charge < -0.3 is 10.6 Å². The summed E-state index contributed by atoms with van der Waals surface area (Å²) in [6.45, 7) is 0.484. The van der Waals surface area contributed by atoms with Crippen molar-refractivity contribution in [2.75, 3.05) is 12.8 Å². The van der Waals surface area contributed by atoms with Gasteiger partial charge in [-0.1, -0.05) is 35.3 Å². The molecule has 2 aromatic carbocycles. The zero-order chi connectivity index (χ0) is 14.7. The van der Waals surface area contributed by atoms with Crippen molar-refractivity contribution in [2.24, 2.45) is 0 Å². The van der Waals surface area contributed by atoms with Crippen molar-refractivity contribution in [2.45, 2.75) is 6.54 Å². The maximum absolute atomic E-state index is 12.3. The van der Waals surface area contributed by atoms with E-state index in [1.54, 1.807) is 30.1 Å². The molecule has 0 radical (unpaired) electrons. The molecule has 3 nitrogen and oxygen atoms in total. The van der Waals surface area contributed by atoms with Crippen LogP contribution in [0.5, 0.6) is 0 Å². The van der Waals surface area contributed by atoms with Crippen molar-refractivity contribution in [1.82, 2.24) is 4.90 Å². The van der Waals surface area contributed by atoms with Gasteiger partial charge in [0.1, 0.15) is 0 Å². The minimum absolute atomic E-state index is 0.150. The van der Waals surface area contributed by atoms with Crippen LogP contribution in [0.15, 0.2) is 42.5 Å². The van der Waals surface area contributed by atoms with Crippen molar-refractivity contribution in [3.63, 3.8) is 0 Å². The first kappa shape index (κ1) is 14.7. The SMILES string of the molecule is CN(Cc1ccc(N)cc1)C(=O)c1ccc(Cl)cc1Cl. The Balaban J connectivity index is 2.14. The minimum atomic E-state index is -0.150.